The first kappa shape index (κ1) is 16.6. The lowest BCUT2D eigenvalue weighted by Gasteiger charge is -2.09. The minimum Gasteiger partial charge on any atom is -0.457 e. The van der Waals surface area contributed by atoms with Gasteiger partial charge in [0.15, 0.2) is 0 Å². The van der Waals surface area contributed by atoms with Gasteiger partial charge >= 0.3 is 0 Å². The van der Waals surface area contributed by atoms with Crippen LogP contribution in [0.15, 0.2) is 70.3 Å². The van der Waals surface area contributed by atoms with Crippen molar-refractivity contribution in [2.75, 3.05) is 0 Å². The highest BCUT2D eigenvalue weighted by Gasteiger charge is 2.14. The Morgan fingerprint density at radius 1 is 1.00 bits per heavy atom. The van der Waals surface area contributed by atoms with E-state index in [2.05, 4.69) is 4.72 Å². The van der Waals surface area contributed by atoms with E-state index < -0.39 is 10.0 Å². The third kappa shape index (κ3) is 4.19. The third-order valence-corrected chi connectivity index (χ3v) is 5.97. The highest BCUT2D eigenvalue weighted by atomic mass is 32.2. The monoisotopic (exact) mass is 363 g/mol. The predicted octanol–water partition coefficient (Wildman–Crippen LogP) is 4.16. The molecule has 0 spiro atoms. The molecule has 0 amide bonds. The zero-order chi connectivity index (χ0) is 17.0. The number of thiophene rings is 1. The summed E-state index contributed by atoms with van der Waals surface area (Å²) < 4.78 is 45.6. The Hall–Kier alpha value is -2.22. The summed E-state index contributed by atoms with van der Waals surface area (Å²) in [5.41, 5.74) is 0.759. The van der Waals surface area contributed by atoms with E-state index in [0.717, 1.165) is 5.56 Å². The lowest BCUT2D eigenvalue weighted by molar-refractivity contribution is 0.479. The van der Waals surface area contributed by atoms with Crippen molar-refractivity contribution in [2.45, 2.75) is 10.8 Å². The fourth-order valence-corrected chi connectivity index (χ4v) is 4.08. The van der Waals surface area contributed by atoms with Gasteiger partial charge in [-0.3, -0.25) is 0 Å². The molecule has 24 heavy (non-hydrogen) atoms. The van der Waals surface area contributed by atoms with Crippen LogP contribution in [0.5, 0.6) is 11.5 Å². The summed E-state index contributed by atoms with van der Waals surface area (Å²) >= 11 is 1.17. The molecule has 0 aliphatic rings. The van der Waals surface area contributed by atoms with Crippen molar-refractivity contribution in [2.24, 2.45) is 0 Å². The van der Waals surface area contributed by atoms with Gasteiger partial charge in [-0.05, 0) is 53.4 Å². The van der Waals surface area contributed by atoms with Crippen molar-refractivity contribution < 1.29 is 17.5 Å². The number of nitrogens with one attached hydrogen (secondary N) is 1. The van der Waals surface area contributed by atoms with Gasteiger partial charge in [0.05, 0.1) is 0 Å². The first-order chi connectivity index (χ1) is 11.5. The summed E-state index contributed by atoms with van der Waals surface area (Å²) in [7, 11) is -3.51. The molecule has 1 aromatic heterocycles. The lowest BCUT2D eigenvalue weighted by atomic mass is 10.2. The van der Waals surface area contributed by atoms with E-state index in [0.29, 0.717) is 11.5 Å². The third-order valence-electron chi connectivity index (χ3n) is 3.17. The summed E-state index contributed by atoms with van der Waals surface area (Å²) in [4.78, 5) is 0. The Labute approximate surface area is 143 Å². The van der Waals surface area contributed by atoms with Crippen LogP contribution in [-0.4, -0.2) is 8.42 Å². The van der Waals surface area contributed by atoms with E-state index in [1.807, 2.05) is 0 Å². The minimum atomic E-state index is -3.51. The lowest BCUT2D eigenvalue weighted by Crippen LogP contribution is -2.22. The van der Waals surface area contributed by atoms with Crippen LogP contribution in [0.25, 0.3) is 0 Å². The summed E-state index contributed by atoms with van der Waals surface area (Å²) in [5, 5.41) is 1.71. The summed E-state index contributed by atoms with van der Waals surface area (Å²) in [6, 6.07) is 16.0. The molecule has 0 radical (unpaired) electrons. The first-order valence-electron chi connectivity index (χ1n) is 7.08. The molecule has 4 nitrogen and oxygen atoms in total. The molecule has 0 saturated heterocycles. The maximum atomic E-state index is 12.9. The van der Waals surface area contributed by atoms with Gasteiger partial charge in [0.2, 0.25) is 10.0 Å². The van der Waals surface area contributed by atoms with Crippen LogP contribution in [0.3, 0.4) is 0 Å². The molecule has 124 valence electrons. The number of hydrogen-bond acceptors (Lipinski definition) is 4. The summed E-state index contributed by atoms with van der Waals surface area (Å²) in [6.07, 6.45) is 0. The van der Waals surface area contributed by atoms with E-state index in [1.54, 1.807) is 41.8 Å². The SMILES string of the molecule is O=S(=O)(NCc1cccc(Oc2ccc(F)cc2)c1)c1cccs1. The van der Waals surface area contributed by atoms with E-state index in [9.17, 15) is 12.8 Å². The molecular formula is C17H14FNO3S2. The summed E-state index contributed by atoms with van der Waals surface area (Å²) in [6.45, 7) is 0.154. The Morgan fingerprint density at radius 3 is 2.50 bits per heavy atom. The second-order valence-electron chi connectivity index (χ2n) is 4.96. The van der Waals surface area contributed by atoms with E-state index in [4.69, 9.17) is 4.74 Å². The van der Waals surface area contributed by atoms with Gasteiger partial charge in [-0.25, -0.2) is 17.5 Å². The largest absolute Gasteiger partial charge is 0.457 e. The molecule has 0 fully saturated rings. The van der Waals surface area contributed by atoms with Crippen molar-refractivity contribution in [1.82, 2.24) is 4.72 Å². The van der Waals surface area contributed by atoms with Crippen molar-refractivity contribution >= 4 is 21.4 Å². The fraction of sp³-hybridized carbons (Fsp3) is 0.0588. The molecule has 0 aliphatic heterocycles. The number of hydrogen-bond donors (Lipinski definition) is 1. The fourth-order valence-electron chi connectivity index (χ4n) is 2.02. The zero-order valence-corrected chi connectivity index (χ0v) is 14.1. The number of rotatable bonds is 6. The highest BCUT2D eigenvalue weighted by molar-refractivity contribution is 7.91. The average Bonchev–Trinajstić information content (AvgIpc) is 3.11. The average molecular weight is 363 g/mol. The van der Waals surface area contributed by atoms with Crippen LogP contribution in [-0.2, 0) is 16.6 Å². The molecule has 0 atom stereocenters. The van der Waals surface area contributed by atoms with Gasteiger partial charge < -0.3 is 4.74 Å². The molecular weight excluding hydrogens is 349 g/mol. The van der Waals surface area contributed by atoms with Crippen LogP contribution < -0.4 is 9.46 Å². The Balaban J connectivity index is 1.68. The summed E-state index contributed by atoms with van der Waals surface area (Å²) in [5.74, 6) is 0.723. The standard InChI is InChI=1S/C17H14FNO3S2/c18-14-6-8-15(9-7-14)22-16-4-1-3-13(11-16)12-19-24(20,21)17-5-2-10-23-17/h1-11,19H,12H2. The van der Waals surface area contributed by atoms with Crippen LogP contribution >= 0.6 is 11.3 Å². The van der Waals surface area contributed by atoms with Gasteiger partial charge in [-0.1, -0.05) is 18.2 Å². The van der Waals surface area contributed by atoms with Gasteiger partial charge in [-0.2, -0.15) is 0 Å². The molecule has 0 aliphatic carbocycles. The second kappa shape index (κ2) is 7.12. The quantitative estimate of drug-likeness (QED) is 0.715. The maximum Gasteiger partial charge on any atom is 0.250 e. The molecule has 1 heterocycles. The van der Waals surface area contributed by atoms with Gasteiger partial charge in [0.1, 0.15) is 21.5 Å². The molecule has 2 aromatic carbocycles. The molecule has 3 aromatic rings. The highest BCUT2D eigenvalue weighted by Crippen LogP contribution is 2.23. The number of sulfonamides is 1. The number of ether oxygens (including phenoxy) is 1. The molecule has 0 bridgehead atoms. The predicted molar refractivity (Wildman–Crippen MR) is 91.3 cm³/mol. The molecule has 0 unspecified atom stereocenters. The molecule has 7 heteroatoms. The van der Waals surface area contributed by atoms with Gasteiger partial charge in [-0.15, -0.1) is 11.3 Å². The smallest absolute Gasteiger partial charge is 0.250 e. The number of halogens is 1. The zero-order valence-electron chi connectivity index (χ0n) is 12.5. The maximum absolute atomic E-state index is 12.9. The van der Waals surface area contributed by atoms with Crippen LogP contribution in [0, 0.1) is 5.82 Å². The van der Waals surface area contributed by atoms with Gasteiger partial charge in [0, 0.05) is 6.54 Å². The number of benzene rings is 2. The Morgan fingerprint density at radius 2 is 1.79 bits per heavy atom. The van der Waals surface area contributed by atoms with E-state index >= 15 is 0 Å². The van der Waals surface area contributed by atoms with Crippen molar-refractivity contribution in [3.8, 4) is 11.5 Å². The van der Waals surface area contributed by atoms with Crippen molar-refractivity contribution in [1.29, 1.82) is 0 Å². The van der Waals surface area contributed by atoms with E-state index in [1.165, 1.54) is 35.6 Å². The normalized spacial score (nSPS) is 11.4. The Kier molecular flexibility index (Phi) is 4.94. The van der Waals surface area contributed by atoms with Crippen molar-refractivity contribution in [3.05, 3.63) is 77.4 Å². The molecule has 0 saturated carbocycles. The molecule has 3 rings (SSSR count). The van der Waals surface area contributed by atoms with Crippen molar-refractivity contribution in [3.63, 3.8) is 0 Å². The first-order valence-corrected chi connectivity index (χ1v) is 9.45. The van der Waals surface area contributed by atoms with E-state index in [-0.39, 0.29) is 16.6 Å². The van der Waals surface area contributed by atoms with Gasteiger partial charge in [0.25, 0.3) is 0 Å². The Bertz CT molecular complexity index is 907. The van der Waals surface area contributed by atoms with Crippen LogP contribution in [0.2, 0.25) is 0 Å². The minimum absolute atomic E-state index is 0.154. The van der Waals surface area contributed by atoms with Crippen LogP contribution in [0.1, 0.15) is 5.56 Å². The van der Waals surface area contributed by atoms with Crippen LogP contribution in [0.4, 0.5) is 4.39 Å². The second-order valence-corrected chi connectivity index (χ2v) is 7.90. The molecule has 1 N–H and O–H groups in total. The topological polar surface area (TPSA) is 55.4 Å².